The monoisotopic (exact) mass is 415 g/mol. The van der Waals surface area contributed by atoms with Gasteiger partial charge in [0.1, 0.15) is 11.3 Å². The summed E-state index contributed by atoms with van der Waals surface area (Å²) in [5.74, 6) is 1.40. The zero-order valence-electron chi connectivity index (χ0n) is 15.8. The third-order valence-corrected chi connectivity index (χ3v) is 5.49. The van der Waals surface area contributed by atoms with Crippen molar-refractivity contribution in [2.75, 3.05) is 49.3 Å². The van der Waals surface area contributed by atoms with Crippen LogP contribution in [-0.4, -0.2) is 70.4 Å². The molecule has 1 aromatic carbocycles. The molecule has 11 heteroatoms. The number of aliphatic hydroxyl groups is 1. The highest BCUT2D eigenvalue weighted by Gasteiger charge is 2.32. The Labute approximate surface area is 170 Å². The van der Waals surface area contributed by atoms with E-state index >= 15 is 0 Å². The molecule has 1 aliphatic rings. The van der Waals surface area contributed by atoms with Crippen LogP contribution in [0.3, 0.4) is 0 Å². The number of hydrogen-bond acceptors (Lipinski definition) is 9. The molecule has 10 nitrogen and oxygen atoms in total. The number of fused-ring (bicyclic) bond motifs is 1. The summed E-state index contributed by atoms with van der Waals surface area (Å²) >= 11 is 1.38. The first-order chi connectivity index (χ1) is 14.1. The quantitative estimate of drug-likeness (QED) is 0.583. The van der Waals surface area contributed by atoms with Gasteiger partial charge in [0.25, 0.3) is 0 Å². The van der Waals surface area contributed by atoms with E-state index in [0.717, 1.165) is 0 Å². The normalized spacial score (nSPS) is 16.8. The molecule has 4 N–H and O–H groups in total. The van der Waals surface area contributed by atoms with Gasteiger partial charge in [0.15, 0.2) is 10.6 Å². The van der Waals surface area contributed by atoms with Crippen molar-refractivity contribution in [1.29, 1.82) is 0 Å². The van der Waals surface area contributed by atoms with Crippen LogP contribution < -0.4 is 20.7 Å². The van der Waals surface area contributed by atoms with Crippen LogP contribution in [-0.2, 0) is 0 Å². The molecule has 0 aliphatic carbocycles. The number of carbonyl (C=O) groups excluding carboxylic acids is 1. The first-order valence-electron chi connectivity index (χ1n) is 9.03. The molecule has 1 atom stereocenters. The Hall–Kier alpha value is -3.18. The van der Waals surface area contributed by atoms with Crippen molar-refractivity contribution in [2.24, 2.45) is 0 Å². The smallest absolute Gasteiger partial charge is 0.321 e. The van der Waals surface area contributed by atoms with Gasteiger partial charge in [-0.25, -0.2) is 14.8 Å². The zero-order valence-corrected chi connectivity index (χ0v) is 16.6. The second kappa shape index (κ2) is 8.05. The lowest BCUT2D eigenvalue weighted by Gasteiger charge is -2.41. The van der Waals surface area contributed by atoms with Gasteiger partial charge >= 0.3 is 6.03 Å². The Kier molecular flexibility index (Phi) is 5.32. The van der Waals surface area contributed by atoms with E-state index in [1.165, 1.54) is 11.3 Å². The highest BCUT2D eigenvalue weighted by atomic mass is 32.1. The van der Waals surface area contributed by atoms with E-state index in [1.54, 1.807) is 29.7 Å². The number of aromatic nitrogens is 3. The van der Waals surface area contributed by atoms with Crippen molar-refractivity contribution in [3.8, 4) is 5.75 Å². The second-order valence-electron chi connectivity index (χ2n) is 6.55. The van der Waals surface area contributed by atoms with Crippen molar-refractivity contribution in [1.82, 2.24) is 19.9 Å². The van der Waals surface area contributed by atoms with Gasteiger partial charge in [-0.15, -0.1) is 11.3 Å². The van der Waals surface area contributed by atoms with Crippen LogP contribution in [0.15, 0.2) is 29.8 Å². The predicted octanol–water partition coefficient (Wildman–Crippen LogP) is 1.39. The number of hydrogen-bond donors (Lipinski definition) is 3. The average molecular weight is 415 g/mol. The molecule has 4 rings (SSSR count). The number of piperazine rings is 1. The molecule has 1 saturated heterocycles. The fraction of sp³-hybridized carbons (Fsp3) is 0.333. The van der Waals surface area contributed by atoms with Crippen LogP contribution in [0.1, 0.15) is 0 Å². The second-order valence-corrected chi connectivity index (χ2v) is 7.38. The molecule has 0 spiro atoms. The summed E-state index contributed by atoms with van der Waals surface area (Å²) in [7, 11) is 1.57. The van der Waals surface area contributed by atoms with Crippen LogP contribution in [0.4, 0.5) is 22.2 Å². The summed E-state index contributed by atoms with van der Waals surface area (Å²) in [6, 6.07) is 6.59. The van der Waals surface area contributed by atoms with Crippen LogP contribution in [0.2, 0.25) is 0 Å². The van der Waals surface area contributed by atoms with E-state index in [-0.39, 0.29) is 24.6 Å². The van der Waals surface area contributed by atoms with E-state index in [0.29, 0.717) is 47.2 Å². The summed E-state index contributed by atoms with van der Waals surface area (Å²) < 4.78 is 5.19. The number of nitrogens with zero attached hydrogens (tertiary/aromatic N) is 5. The Morgan fingerprint density at radius 3 is 3.07 bits per heavy atom. The van der Waals surface area contributed by atoms with Crippen LogP contribution in [0.5, 0.6) is 5.75 Å². The van der Waals surface area contributed by atoms with E-state index < -0.39 is 0 Å². The van der Waals surface area contributed by atoms with Crippen molar-refractivity contribution in [2.45, 2.75) is 6.04 Å². The Morgan fingerprint density at radius 1 is 1.41 bits per heavy atom. The number of carbonyl (C=O) groups is 1. The van der Waals surface area contributed by atoms with Crippen molar-refractivity contribution < 1.29 is 14.6 Å². The van der Waals surface area contributed by atoms with Crippen molar-refractivity contribution in [3.05, 3.63) is 29.8 Å². The molecule has 152 valence electrons. The number of nitrogens with two attached hydrogens (primary N) is 1. The minimum atomic E-state index is -0.334. The molecule has 0 radical (unpaired) electrons. The van der Waals surface area contributed by atoms with E-state index in [9.17, 15) is 9.90 Å². The first kappa shape index (κ1) is 19.2. The summed E-state index contributed by atoms with van der Waals surface area (Å²) in [5.41, 5.74) is 8.83. The molecule has 1 unspecified atom stereocenters. The fourth-order valence-electron chi connectivity index (χ4n) is 3.34. The number of nitrogen functional groups attached to an aromatic ring is 1. The number of anilines is 3. The first-order valence-corrected chi connectivity index (χ1v) is 9.91. The van der Waals surface area contributed by atoms with Crippen LogP contribution >= 0.6 is 11.3 Å². The molecule has 1 fully saturated rings. The van der Waals surface area contributed by atoms with Gasteiger partial charge in [0, 0.05) is 31.4 Å². The van der Waals surface area contributed by atoms with Gasteiger partial charge < -0.3 is 30.7 Å². The number of methoxy groups -OCH3 is 1. The molecule has 1 aliphatic heterocycles. The van der Waals surface area contributed by atoms with E-state index in [4.69, 9.17) is 10.5 Å². The van der Waals surface area contributed by atoms with Gasteiger partial charge in [0.2, 0.25) is 5.95 Å². The molecule has 0 bridgehead atoms. The minimum absolute atomic E-state index is 0.140. The molecular formula is C18H21N7O3S. The van der Waals surface area contributed by atoms with E-state index in [1.807, 2.05) is 17.0 Å². The molecular weight excluding hydrogens is 394 g/mol. The number of benzene rings is 1. The molecule has 0 saturated carbocycles. The summed E-state index contributed by atoms with van der Waals surface area (Å²) in [6.45, 7) is 1.14. The van der Waals surface area contributed by atoms with Gasteiger partial charge in [0.05, 0.1) is 25.3 Å². The van der Waals surface area contributed by atoms with Gasteiger partial charge in [-0.3, -0.25) is 0 Å². The molecule has 2 aromatic heterocycles. The molecule has 2 amide bonds. The summed E-state index contributed by atoms with van der Waals surface area (Å²) in [4.78, 5) is 29.9. The Bertz CT molecular complexity index is 1030. The lowest BCUT2D eigenvalue weighted by molar-refractivity contribution is 0.174. The zero-order chi connectivity index (χ0) is 20.4. The van der Waals surface area contributed by atoms with Crippen molar-refractivity contribution >= 4 is 45.2 Å². The van der Waals surface area contributed by atoms with E-state index in [2.05, 4.69) is 20.3 Å². The maximum Gasteiger partial charge on any atom is 0.321 e. The standard InChI is InChI=1S/C18H21N7O3S/c1-28-13-4-2-3-11(7-13)21-18(27)24-5-6-25(12(8-24)9-26)15-14-16(29-10-20-14)23-17(19)22-15/h2-4,7,10,12,26H,5-6,8-9H2,1H3,(H,21,27)(H2,19,22,23). The Balaban J connectivity index is 1.51. The third kappa shape index (κ3) is 3.87. The Morgan fingerprint density at radius 2 is 2.28 bits per heavy atom. The van der Waals surface area contributed by atoms with Crippen LogP contribution in [0, 0.1) is 0 Å². The number of rotatable bonds is 4. The number of urea groups is 1. The predicted molar refractivity (Wildman–Crippen MR) is 111 cm³/mol. The number of nitrogens with one attached hydrogen (secondary N) is 1. The molecule has 3 heterocycles. The average Bonchev–Trinajstić information content (AvgIpc) is 3.21. The number of amides is 2. The molecule has 3 aromatic rings. The van der Waals surface area contributed by atoms with Crippen molar-refractivity contribution in [3.63, 3.8) is 0 Å². The maximum atomic E-state index is 12.7. The topological polar surface area (TPSA) is 130 Å². The highest BCUT2D eigenvalue weighted by Crippen LogP contribution is 2.29. The number of aliphatic hydroxyl groups excluding tert-OH is 1. The van der Waals surface area contributed by atoms with Crippen LogP contribution in [0.25, 0.3) is 10.3 Å². The van der Waals surface area contributed by atoms with Gasteiger partial charge in [-0.2, -0.15) is 4.98 Å². The molecule has 29 heavy (non-hydrogen) atoms. The van der Waals surface area contributed by atoms with Gasteiger partial charge in [-0.1, -0.05) is 6.07 Å². The largest absolute Gasteiger partial charge is 0.497 e. The lowest BCUT2D eigenvalue weighted by atomic mass is 10.1. The third-order valence-electron chi connectivity index (χ3n) is 4.77. The number of thiazole rings is 1. The number of ether oxygens (including phenoxy) is 1. The minimum Gasteiger partial charge on any atom is -0.497 e. The highest BCUT2D eigenvalue weighted by molar-refractivity contribution is 7.16. The lowest BCUT2D eigenvalue weighted by Crippen LogP contribution is -2.57. The fourth-order valence-corrected chi connectivity index (χ4v) is 4.00. The SMILES string of the molecule is COc1cccc(NC(=O)N2CCN(c3nc(N)nc4scnc34)C(CO)C2)c1. The van der Waals surface area contributed by atoms with Gasteiger partial charge in [-0.05, 0) is 12.1 Å². The summed E-state index contributed by atoms with van der Waals surface area (Å²) in [5, 5.41) is 12.8. The summed E-state index contributed by atoms with van der Waals surface area (Å²) in [6.07, 6.45) is 0. The maximum absolute atomic E-state index is 12.7.